The third kappa shape index (κ3) is 5.91. The lowest BCUT2D eigenvalue weighted by atomic mass is 10.2. The Morgan fingerprint density at radius 3 is 2.56 bits per heavy atom. The number of thioether (sulfide) groups is 1. The average molecular weight is 602 g/mol. The summed E-state index contributed by atoms with van der Waals surface area (Å²) < 4.78 is 9.07. The van der Waals surface area contributed by atoms with E-state index in [0.29, 0.717) is 16.7 Å². The molecule has 4 aromatic rings. The summed E-state index contributed by atoms with van der Waals surface area (Å²) >= 11 is 8.15. The van der Waals surface area contributed by atoms with E-state index >= 15 is 0 Å². The number of halogens is 2. The second-order valence-electron chi connectivity index (χ2n) is 6.82. The first-order chi connectivity index (χ1) is 16.5. The Balaban J connectivity index is 1.50. The van der Waals surface area contributed by atoms with Crippen LogP contribution in [-0.2, 0) is 4.79 Å². The van der Waals surface area contributed by atoms with E-state index in [1.807, 2.05) is 59.2 Å². The van der Waals surface area contributed by atoms with Gasteiger partial charge < -0.3 is 4.74 Å². The van der Waals surface area contributed by atoms with Crippen LogP contribution in [0.2, 0.25) is 0 Å². The van der Waals surface area contributed by atoms with Crippen molar-refractivity contribution in [3.63, 3.8) is 0 Å². The molecule has 11 heteroatoms. The van der Waals surface area contributed by atoms with Crippen molar-refractivity contribution in [3.05, 3.63) is 81.5 Å². The smallest absolute Gasteiger partial charge is 0.250 e. The second-order valence-corrected chi connectivity index (χ2v) is 9.60. The Morgan fingerprint density at radius 2 is 1.82 bits per heavy atom. The van der Waals surface area contributed by atoms with Crippen molar-refractivity contribution in [1.29, 1.82) is 0 Å². The van der Waals surface area contributed by atoms with Crippen LogP contribution >= 0.6 is 43.6 Å². The summed E-state index contributed by atoms with van der Waals surface area (Å²) in [5.41, 5.74) is 5.03. The third-order valence-corrected chi connectivity index (χ3v) is 6.52. The quantitative estimate of drug-likeness (QED) is 0.171. The fourth-order valence-electron chi connectivity index (χ4n) is 3.02. The van der Waals surface area contributed by atoms with Gasteiger partial charge in [0.05, 0.1) is 19.1 Å². The summed E-state index contributed by atoms with van der Waals surface area (Å²) in [4.78, 5) is 16.5. The van der Waals surface area contributed by atoms with Gasteiger partial charge in [0.25, 0.3) is 5.91 Å². The normalized spacial score (nSPS) is 11.0. The van der Waals surface area contributed by atoms with Crippen LogP contribution in [0.5, 0.6) is 5.75 Å². The van der Waals surface area contributed by atoms with Gasteiger partial charge in [-0.3, -0.25) is 14.3 Å². The van der Waals surface area contributed by atoms with Gasteiger partial charge in [-0.15, -0.1) is 10.2 Å². The van der Waals surface area contributed by atoms with E-state index in [1.165, 1.54) is 18.0 Å². The minimum Gasteiger partial charge on any atom is -0.496 e. The van der Waals surface area contributed by atoms with Crippen LogP contribution in [0.3, 0.4) is 0 Å². The van der Waals surface area contributed by atoms with E-state index in [2.05, 4.69) is 57.6 Å². The number of amides is 1. The predicted octanol–water partition coefficient (Wildman–Crippen LogP) is 5.11. The van der Waals surface area contributed by atoms with Crippen LogP contribution in [-0.4, -0.2) is 44.7 Å². The van der Waals surface area contributed by atoms with Gasteiger partial charge in [-0.25, -0.2) is 5.43 Å². The molecule has 0 bridgehead atoms. The van der Waals surface area contributed by atoms with Crippen molar-refractivity contribution < 1.29 is 9.53 Å². The minimum absolute atomic E-state index is 0.109. The molecule has 0 fully saturated rings. The van der Waals surface area contributed by atoms with Gasteiger partial charge in [0.15, 0.2) is 11.0 Å². The number of hydrogen-bond donors (Lipinski definition) is 1. The summed E-state index contributed by atoms with van der Waals surface area (Å²) in [6, 6.07) is 17.1. The van der Waals surface area contributed by atoms with E-state index in [0.717, 1.165) is 25.8 Å². The van der Waals surface area contributed by atoms with Crippen molar-refractivity contribution in [2.45, 2.75) is 5.16 Å². The Kier molecular flexibility index (Phi) is 8.09. The number of pyridine rings is 1. The number of nitrogens with one attached hydrogen (secondary N) is 1. The summed E-state index contributed by atoms with van der Waals surface area (Å²) in [7, 11) is 1.58. The number of nitrogens with zero attached hydrogens (tertiary/aromatic N) is 5. The SMILES string of the molecule is COc1ccc(Br)cc1/C=N/NC(=O)CSc1nnc(-c2ccncc2)n1-c1ccc(Br)cc1. The van der Waals surface area contributed by atoms with Gasteiger partial charge in [0.2, 0.25) is 0 Å². The maximum atomic E-state index is 12.4. The molecule has 0 saturated heterocycles. The zero-order valence-electron chi connectivity index (χ0n) is 17.9. The standard InChI is InChI=1S/C23H18Br2N6O2S/c1-33-20-7-4-18(25)12-16(20)13-27-28-21(32)14-34-23-30-29-22(15-8-10-26-11-9-15)31(23)19-5-2-17(24)3-6-19/h2-13H,14H2,1H3,(H,28,32)/b27-13+. The maximum absolute atomic E-state index is 12.4. The molecule has 8 nitrogen and oxygen atoms in total. The first-order valence-electron chi connectivity index (χ1n) is 9.95. The molecule has 34 heavy (non-hydrogen) atoms. The summed E-state index contributed by atoms with van der Waals surface area (Å²) in [5.74, 6) is 1.15. The molecule has 1 N–H and O–H groups in total. The number of ether oxygens (including phenoxy) is 1. The number of rotatable bonds is 8. The molecule has 2 aromatic heterocycles. The van der Waals surface area contributed by atoms with Gasteiger partial charge >= 0.3 is 0 Å². The molecule has 2 heterocycles. The van der Waals surface area contributed by atoms with Crippen LogP contribution < -0.4 is 10.2 Å². The number of carbonyl (C=O) groups excluding carboxylic acids is 1. The molecule has 0 spiro atoms. The van der Waals surface area contributed by atoms with E-state index in [-0.39, 0.29) is 11.7 Å². The Morgan fingerprint density at radius 1 is 1.09 bits per heavy atom. The predicted molar refractivity (Wildman–Crippen MR) is 139 cm³/mol. The lowest BCUT2D eigenvalue weighted by molar-refractivity contribution is -0.118. The number of hydrazone groups is 1. The van der Waals surface area contributed by atoms with Gasteiger partial charge in [-0.05, 0) is 54.6 Å². The second kappa shape index (κ2) is 11.4. The third-order valence-electron chi connectivity index (χ3n) is 4.57. The van der Waals surface area contributed by atoms with Crippen LogP contribution in [0.25, 0.3) is 17.1 Å². The Bertz CT molecular complexity index is 1310. The molecule has 1 amide bonds. The number of methoxy groups -OCH3 is 1. The van der Waals surface area contributed by atoms with Crippen molar-refractivity contribution in [3.8, 4) is 22.8 Å². The molecule has 0 aliphatic rings. The highest BCUT2D eigenvalue weighted by Gasteiger charge is 2.17. The topological polar surface area (TPSA) is 94.3 Å². The van der Waals surface area contributed by atoms with E-state index in [9.17, 15) is 4.79 Å². The number of benzene rings is 2. The molecule has 0 atom stereocenters. The van der Waals surface area contributed by atoms with E-state index in [1.54, 1.807) is 19.5 Å². The van der Waals surface area contributed by atoms with Gasteiger partial charge in [0, 0.05) is 38.2 Å². The van der Waals surface area contributed by atoms with Crippen molar-refractivity contribution in [2.24, 2.45) is 5.10 Å². The molecular weight excluding hydrogens is 584 g/mol. The number of aromatic nitrogens is 4. The average Bonchev–Trinajstić information content (AvgIpc) is 3.28. The lowest BCUT2D eigenvalue weighted by Gasteiger charge is -2.10. The fraction of sp³-hybridized carbons (Fsp3) is 0.0870. The summed E-state index contributed by atoms with van der Waals surface area (Å²) in [6.07, 6.45) is 4.95. The first kappa shape index (κ1) is 24.1. The van der Waals surface area contributed by atoms with E-state index in [4.69, 9.17) is 4.74 Å². The Labute approximate surface area is 217 Å². The summed E-state index contributed by atoms with van der Waals surface area (Å²) in [6.45, 7) is 0. The van der Waals surface area contributed by atoms with Crippen molar-refractivity contribution in [1.82, 2.24) is 25.2 Å². The molecule has 0 unspecified atom stereocenters. The van der Waals surface area contributed by atoms with Gasteiger partial charge in [-0.1, -0.05) is 43.6 Å². The van der Waals surface area contributed by atoms with E-state index < -0.39 is 0 Å². The van der Waals surface area contributed by atoms with Crippen LogP contribution in [0.4, 0.5) is 0 Å². The zero-order valence-corrected chi connectivity index (χ0v) is 21.8. The molecular formula is C23H18Br2N6O2S. The number of hydrogen-bond acceptors (Lipinski definition) is 7. The highest BCUT2D eigenvalue weighted by atomic mass is 79.9. The Hall–Kier alpha value is -3.02. The minimum atomic E-state index is -0.272. The van der Waals surface area contributed by atoms with Crippen molar-refractivity contribution in [2.75, 3.05) is 12.9 Å². The molecule has 2 aromatic carbocycles. The monoisotopic (exact) mass is 600 g/mol. The molecule has 0 saturated carbocycles. The van der Waals surface area contributed by atoms with Gasteiger partial charge in [-0.2, -0.15) is 5.10 Å². The van der Waals surface area contributed by atoms with Crippen LogP contribution in [0.1, 0.15) is 5.56 Å². The molecule has 0 aliphatic carbocycles. The first-order valence-corrected chi connectivity index (χ1v) is 12.5. The van der Waals surface area contributed by atoms with Crippen LogP contribution in [0.15, 0.2) is 86.2 Å². The highest BCUT2D eigenvalue weighted by molar-refractivity contribution is 9.10. The van der Waals surface area contributed by atoms with Gasteiger partial charge in [0.1, 0.15) is 5.75 Å². The number of carbonyl (C=O) groups is 1. The lowest BCUT2D eigenvalue weighted by Crippen LogP contribution is -2.20. The zero-order chi connectivity index (χ0) is 23.9. The molecule has 0 radical (unpaired) electrons. The molecule has 4 rings (SSSR count). The highest BCUT2D eigenvalue weighted by Crippen LogP contribution is 2.28. The van der Waals surface area contributed by atoms with Crippen molar-refractivity contribution >= 4 is 55.7 Å². The largest absolute Gasteiger partial charge is 0.496 e. The maximum Gasteiger partial charge on any atom is 0.250 e. The van der Waals surface area contributed by atoms with Crippen LogP contribution in [0, 0.1) is 0 Å². The fourth-order valence-corrected chi connectivity index (χ4v) is 4.40. The molecule has 172 valence electrons. The summed E-state index contributed by atoms with van der Waals surface area (Å²) in [5, 5.41) is 13.3. The molecule has 0 aliphatic heterocycles.